The first-order chi connectivity index (χ1) is 9.08. The molecule has 0 fully saturated rings. The minimum Gasteiger partial charge on any atom is -0.460 e. The number of ether oxygens (including phenoxy) is 1. The average Bonchev–Trinajstić information content (AvgIpc) is 2.75. The number of nitrogen functional groups attached to an aromatic ring is 1. The van der Waals surface area contributed by atoms with E-state index in [0.29, 0.717) is 6.54 Å². The molecule has 1 heterocycles. The maximum absolute atomic E-state index is 12.9. The predicted octanol–water partition coefficient (Wildman–Crippen LogP) is 1.77. The standard InChI is InChI=1S/C13H14FN3O2/c1-9-16-4-5-17(9)6-7-19-13(18)11-3-2-10(14)8-12(11)15/h2-5,8H,6-7,15H2,1H3. The normalized spacial score (nSPS) is 10.4. The van der Waals surface area contributed by atoms with E-state index in [1.807, 2.05) is 11.5 Å². The van der Waals surface area contributed by atoms with Gasteiger partial charge in [-0.05, 0) is 25.1 Å². The van der Waals surface area contributed by atoms with Gasteiger partial charge in [-0.15, -0.1) is 0 Å². The lowest BCUT2D eigenvalue weighted by molar-refractivity contribution is 0.0492. The second kappa shape index (κ2) is 5.51. The summed E-state index contributed by atoms with van der Waals surface area (Å²) in [5, 5.41) is 0. The number of rotatable bonds is 4. The Balaban J connectivity index is 1.93. The lowest BCUT2D eigenvalue weighted by Gasteiger charge is -2.08. The molecule has 1 aromatic carbocycles. The number of nitrogens with zero attached hydrogens (tertiary/aromatic N) is 2. The zero-order chi connectivity index (χ0) is 13.8. The van der Waals surface area contributed by atoms with E-state index >= 15 is 0 Å². The molecule has 0 saturated carbocycles. The minimum absolute atomic E-state index is 0.0730. The summed E-state index contributed by atoms with van der Waals surface area (Å²) in [6.07, 6.45) is 3.48. The van der Waals surface area contributed by atoms with Crippen LogP contribution in [0.1, 0.15) is 16.2 Å². The molecular formula is C13H14FN3O2. The summed E-state index contributed by atoms with van der Waals surface area (Å²) < 4.78 is 19.8. The summed E-state index contributed by atoms with van der Waals surface area (Å²) in [5.41, 5.74) is 5.80. The molecule has 6 heteroatoms. The van der Waals surface area contributed by atoms with Crippen LogP contribution in [0.5, 0.6) is 0 Å². The zero-order valence-corrected chi connectivity index (χ0v) is 10.5. The Morgan fingerprint density at radius 1 is 1.53 bits per heavy atom. The SMILES string of the molecule is Cc1nccn1CCOC(=O)c1ccc(F)cc1N. The van der Waals surface area contributed by atoms with Gasteiger partial charge in [0.15, 0.2) is 0 Å². The Morgan fingerprint density at radius 2 is 2.32 bits per heavy atom. The Morgan fingerprint density at radius 3 is 2.95 bits per heavy atom. The summed E-state index contributed by atoms with van der Waals surface area (Å²) in [6.45, 7) is 2.57. The van der Waals surface area contributed by atoms with E-state index in [1.165, 1.54) is 12.1 Å². The fourth-order valence-corrected chi connectivity index (χ4v) is 1.67. The van der Waals surface area contributed by atoms with Crippen molar-refractivity contribution in [1.82, 2.24) is 9.55 Å². The van der Waals surface area contributed by atoms with Gasteiger partial charge in [0.25, 0.3) is 0 Å². The van der Waals surface area contributed by atoms with Gasteiger partial charge in [0.2, 0.25) is 0 Å². The molecule has 0 atom stereocenters. The van der Waals surface area contributed by atoms with Crippen LogP contribution in [0.2, 0.25) is 0 Å². The number of nitrogens with two attached hydrogens (primary N) is 1. The van der Waals surface area contributed by atoms with Gasteiger partial charge in [-0.25, -0.2) is 14.2 Å². The molecule has 0 saturated heterocycles. The van der Waals surface area contributed by atoms with Crippen molar-refractivity contribution in [1.29, 1.82) is 0 Å². The molecule has 2 rings (SSSR count). The maximum Gasteiger partial charge on any atom is 0.340 e. The predicted molar refractivity (Wildman–Crippen MR) is 68.1 cm³/mol. The van der Waals surface area contributed by atoms with E-state index < -0.39 is 11.8 Å². The Bertz CT molecular complexity index is 595. The Kier molecular flexibility index (Phi) is 3.79. The monoisotopic (exact) mass is 263 g/mol. The molecule has 5 nitrogen and oxygen atoms in total. The van der Waals surface area contributed by atoms with E-state index in [2.05, 4.69) is 4.98 Å². The Hall–Kier alpha value is -2.37. The van der Waals surface area contributed by atoms with Crippen molar-refractivity contribution >= 4 is 11.7 Å². The first-order valence-electron chi connectivity index (χ1n) is 5.78. The topological polar surface area (TPSA) is 70.1 Å². The number of carbonyl (C=O) groups is 1. The lowest BCUT2D eigenvalue weighted by atomic mass is 10.2. The molecule has 0 aliphatic rings. The fourth-order valence-electron chi connectivity index (χ4n) is 1.67. The highest BCUT2D eigenvalue weighted by atomic mass is 19.1. The van der Waals surface area contributed by atoms with Crippen LogP contribution in [0.4, 0.5) is 10.1 Å². The highest BCUT2D eigenvalue weighted by Gasteiger charge is 2.11. The van der Waals surface area contributed by atoms with Crippen molar-refractivity contribution in [2.75, 3.05) is 12.3 Å². The lowest BCUT2D eigenvalue weighted by Crippen LogP contribution is -2.13. The number of halogens is 1. The molecule has 0 radical (unpaired) electrons. The number of esters is 1. The van der Waals surface area contributed by atoms with Crippen LogP contribution in [0.15, 0.2) is 30.6 Å². The summed E-state index contributed by atoms with van der Waals surface area (Å²) in [6, 6.07) is 3.58. The third kappa shape index (κ3) is 3.09. The molecule has 100 valence electrons. The smallest absolute Gasteiger partial charge is 0.340 e. The number of anilines is 1. The van der Waals surface area contributed by atoms with Crippen LogP contribution in [-0.2, 0) is 11.3 Å². The van der Waals surface area contributed by atoms with Crippen molar-refractivity contribution in [3.05, 3.63) is 47.8 Å². The minimum atomic E-state index is -0.560. The fraction of sp³-hybridized carbons (Fsp3) is 0.231. The molecule has 0 amide bonds. The second-order valence-electron chi connectivity index (χ2n) is 4.04. The van der Waals surface area contributed by atoms with Crippen molar-refractivity contribution in [2.45, 2.75) is 13.5 Å². The second-order valence-corrected chi connectivity index (χ2v) is 4.04. The first-order valence-corrected chi connectivity index (χ1v) is 5.78. The van der Waals surface area contributed by atoms with Crippen LogP contribution in [-0.4, -0.2) is 22.1 Å². The summed E-state index contributed by atoms with van der Waals surface area (Å²) in [7, 11) is 0. The van der Waals surface area contributed by atoms with Crippen LogP contribution < -0.4 is 5.73 Å². The van der Waals surface area contributed by atoms with Gasteiger partial charge < -0.3 is 15.0 Å². The van der Waals surface area contributed by atoms with Crippen LogP contribution in [0.3, 0.4) is 0 Å². The summed E-state index contributed by atoms with van der Waals surface area (Å²) >= 11 is 0. The third-order valence-corrected chi connectivity index (χ3v) is 2.72. The molecule has 19 heavy (non-hydrogen) atoms. The molecule has 2 N–H and O–H groups in total. The van der Waals surface area contributed by atoms with E-state index in [-0.39, 0.29) is 17.9 Å². The van der Waals surface area contributed by atoms with Gasteiger partial charge >= 0.3 is 5.97 Å². The molecule has 0 spiro atoms. The number of aryl methyl sites for hydroxylation is 1. The van der Waals surface area contributed by atoms with E-state index in [0.717, 1.165) is 11.9 Å². The molecule has 0 unspecified atom stereocenters. The van der Waals surface area contributed by atoms with Gasteiger partial charge in [0.05, 0.1) is 12.1 Å². The zero-order valence-electron chi connectivity index (χ0n) is 10.5. The Labute approximate surface area is 109 Å². The van der Waals surface area contributed by atoms with Gasteiger partial charge in [-0.2, -0.15) is 0 Å². The molecule has 2 aromatic rings. The number of carbonyl (C=O) groups excluding carboxylic acids is 1. The molecule has 0 aliphatic heterocycles. The van der Waals surface area contributed by atoms with E-state index in [9.17, 15) is 9.18 Å². The highest BCUT2D eigenvalue weighted by Crippen LogP contribution is 2.14. The van der Waals surface area contributed by atoms with Crippen molar-refractivity contribution in [3.8, 4) is 0 Å². The number of aromatic nitrogens is 2. The maximum atomic E-state index is 12.9. The first kappa shape index (κ1) is 13.1. The van der Waals surface area contributed by atoms with Crippen molar-refractivity contribution < 1.29 is 13.9 Å². The number of benzene rings is 1. The molecule has 0 aliphatic carbocycles. The highest BCUT2D eigenvalue weighted by molar-refractivity contribution is 5.94. The van der Waals surface area contributed by atoms with E-state index in [4.69, 9.17) is 10.5 Å². The van der Waals surface area contributed by atoms with Crippen LogP contribution in [0, 0.1) is 12.7 Å². The number of imidazole rings is 1. The number of hydrogen-bond donors (Lipinski definition) is 1. The van der Waals surface area contributed by atoms with Gasteiger partial charge in [0, 0.05) is 18.1 Å². The van der Waals surface area contributed by atoms with Gasteiger partial charge in [0.1, 0.15) is 18.2 Å². The summed E-state index contributed by atoms with van der Waals surface area (Å²) in [5.74, 6) is -0.198. The number of hydrogen-bond acceptors (Lipinski definition) is 4. The molecule has 0 bridgehead atoms. The molecular weight excluding hydrogens is 249 g/mol. The third-order valence-electron chi connectivity index (χ3n) is 2.72. The van der Waals surface area contributed by atoms with Gasteiger partial charge in [-0.1, -0.05) is 0 Å². The van der Waals surface area contributed by atoms with E-state index in [1.54, 1.807) is 12.4 Å². The largest absolute Gasteiger partial charge is 0.460 e. The van der Waals surface area contributed by atoms with Crippen molar-refractivity contribution in [2.24, 2.45) is 0 Å². The summed E-state index contributed by atoms with van der Waals surface area (Å²) in [4.78, 5) is 15.8. The average molecular weight is 263 g/mol. The molecule has 1 aromatic heterocycles. The van der Waals surface area contributed by atoms with Crippen LogP contribution in [0.25, 0.3) is 0 Å². The van der Waals surface area contributed by atoms with Gasteiger partial charge in [-0.3, -0.25) is 0 Å². The quantitative estimate of drug-likeness (QED) is 0.674. The van der Waals surface area contributed by atoms with Crippen molar-refractivity contribution in [3.63, 3.8) is 0 Å². The van der Waals surface area contributed by atoms with Crippen LogP contribution >= 0.6 is 0 Å².